The first-order valence-electron chi connectivity index (χ1n) is 4.57. The topological polar surface area (TPSA) is 95.9 Å². The van der Waals surface area contributed by atoms with Gasteiger partial charge in [-0.15, -0.1) is 0 Å². The minimum Gasteiger partial charge on any atom is -0.480 e. The first kappa shape index (κ1) is 15.7. The summed E-state index contributed by atoms with van der Waals surface area (Å²) in [7, 11) is 0. The summed E-state index contributed by atoms with van der Waals surface area (Å²) in [6.45, 7) is 1.55. The molecule has 1 atom stereocenters. The van der Waals surface area contributed by atoms with Crippen LogP contribution in [-0.2, 0) is 14.3 Å². The lowest BCUT2D eigenvalue weighted by atomic mass is 10.3. The fraction of sp³-hybridized carbons (Fsp3) is 0.750. The molecule has 0 saturated carbocycles. The normalized spacial score (nSPS) is 19.4. The highest BCUT2D eigenvalue weighted by Crippen LogP contribution is 2.13. The molecular weight excluding hydrogens is 247 g/mol. The molecule has 0 aromatic rings. The molecule has 0 spiro atoms. The summed E-state index contributed by atoms with van der Waals surface area (Å²) in [4.78, 5) is 18.9. The molecular formula is C8H12F3NO5. The fourth-order valence-corrected chi connectivity index (χ4v) is 0.960. The van der Waals surface area contributed by atoms with Crippen molar-refractivity contribution in [3.63, 3.8) is 0 Å². The second-order valence-electron chi connectivity index (χ2n) is 3.12. The SMILES string of the molecule is O=C(O)C(F)(F)F.O=C(O)CO[C@H]1CCNC1. The highest BCUT2D eigenvalue weighted by molar-refractivity contribution is 5.73. The Kier molecular flexibility index (Phi) is 6.51. The second kappa shape index (κ2) is 7.07. The molecule has 1 saturated heterocycles. The summed E-state index contributed by atoms with van der Waals surface area (Å²) >= 11 is 0. The molecule has 0 bridgehead atoms. The van der Waals surface area contributed by atoms with E-state index in [4.69, 9.17) is 19.7 Å². The summed E-state index contributed by atoms with van der Waals surface area (Å²) in [5.41, 5.74) is 0. The Hall–Kier alpha value is -1.35. The molecule has 0 radical (unpaired) electrons. The van der Waals surface area contributed by atoms with Crippen molar-refractivity contribution < 1.29 is 37.7 Å². The number of alkyl halides is 3. The molecule has 1 fully saturated rings. The molecule has 3 N–H and O–H groups in total. The van der Waals surface area contributed by atoms with Crippen molar-refractivity contribution in [1.29, 1.82) is 0 Å². The summed E-state index contributed by atoms with van der Waals surface area (Å²) < 4.78 is 36.7. The molecule has 0 aliphatic carbocycles. The van der Waals surface area contributed by atoms with E-state index in [1.807, 2.05) is 0 Å². The van der Waals surface area contributed by atoms with Crippen LogP contribution in [0.4, 0.5) is 13.2 Å². The number of nitrogens with one attached hydrogen (secondary N) is 1. The van der Waals surface area contributed by atoms with Gasteiger partial charge in [-0.1, -0.05) is 0 Å². The maximum Gasteiger partial charge on any atom is 0.490 e. The maximum absolute atomic E-state index is 10.6. The number of carboxylic acid groups (broad SMARTS) is 2. The van der Waals surface area contributed by atoms with Gasteiger partial charge in [0, 0.05) is 6.54 Å². The van der Waals surface area contributed by atoms with E-state index in [9.17, 15) is 18.0 Å². The third-order valence-electron chi connectivity index (χ3n) is 1.70. The van der Waals surface area contributed by atoms with E-state index in [2.05, 4.69) is 5.32 Å². The van der Waals surface area contributed by atoms with E-state index in [-0.39, 0.29) is 12.7 Å². The first-order chi connectivity index (χ1) is 7.73. The Bertz CT molecular complexity index is 262. The van der Waals surface area contributed by atoms with Crippen molar-refractivity contribution in [2.24, 2.45) is 0 Å². The van der Waals surface area contributed by atoms with E-state index in [0.717, 1.165) is 19.5 Å². The van der Waals surface area contributed by atoms with E-state index < -0.39 is 18.1 Å². The van der Waals surface area contributed by atoms with Crippen LogP contribution in [0, 0.1) is 0 Å². The summed E-state index contributed by atoms with van der Waals surface area (Å²) in [5.74, 6) is -3.65. The van der Waals surface area contributed by atoms with Crippen molar-refractivity contribution in [2.75, 3.05) is 19.7 Å². The summed E-state index contributed by atoms with van der Waals surface area (Å²) in [5, 5.41) is 18.4. The monoisotopic (exact) mass is 259 g/mol. The Morgan fingerprint density at radius 1 is 1.35 bits per heavy atom. The largest absolute Gasteiger partial charge is 0.490 e. The first-order valence-corrected chi connectivity index (χ1v) is 4.57. The molecule has 1 heterocycles. The molecule has 17 heavy (non-hydrogen) atoms. The highest BCUT2D eigenvalue weighted by atomic mass is 19.4. The average molecular weight is 259 g/mol. The van der Waals surface area contributed by atoms with Gasteiger partial charge in [0.25, 0.3) is 0 Å². The van der Waals surface area contributed by atoms with Gasteiger partial charge in [-0.05, 0) is 13.0 Å². The number of carboxylic acids is 2. The molecule has 0 aromatic carbocycles. The number of halogens is 3. The summed E-state index contributed by atoms with van der Waals surface area (Å²) in [6.07, 6.45) is -4.05. The van der Waals surface area contributed by atoms with Gasteiger partial charge in [0.1, 0.15) is 6.61 Å². The Morgan fingerprint density at radius 3 is 2.18 bits per heavy atom. The molecule has 0 unspecified atom stereocenters. The van der Waals surface area contributed by atoms with Crippen LogP contribution in [0.3, 0.4) is 0 Å². The molecule has 0 amide bonds. The number of aliphatic carboxylic acids is 2. The number of hydrogen-bond acceptors (Lipinski definition) is 4. The minimum absolute atomic E-state index is 0.107. The lowest BCUT2D eigenvalue weighted by molar-refractivity contribution is -0.192. The van der Waals surface area contributed by atoms with Gasteiger partial charge in [-0.2, -0.15) is 13.2 Å². The van der Waals surface area contributed by atoms with Gasteiger partial charge in [0.2, 0.25) is 0 Å². The van der Waals surface area contributed by atoms with Crippen LogP contribution >= 0.6 is 0 Å². The quantitative estimate of drug-likeness (QED) is 0.664. The smallest absolute Gasteiger partial charge is 0.480 e. The van der Waals surface area contributed by atoms with Gasteiger partial charge >= 0.3 is 18.1 Å². The summed E-state index contributed by atoms with van der Waals surface area (Å²) in [6, 6.07) is 0. The van der Waals surface area contributed by atoms with Crippen LogP contribution in [-0.4, -0.2) is 54.1 Å². The van der Waals surface area contributed by atoms with Crippen LogP contribution in [0.15, 0.2) is 0 Å². The Morgan fingerprint density at radius 2 is 1.88 bits per heavy atom. The number of carbonyl (C=O) groups is 2. The number of rotatable bonds is 3. The van der Waals surface area contributed by atoms with Crippen LogP contribution in [0.5, 0.6) is 0 Å². The Balaban J connectivity index is 0.000000325. The van der Waals surface area contributed by atoms with Crippen molar-refractivity contribution in [2.45, 2.75) is 18.7 Å². The van der Waals surface area contributed by atoms with Crippen molar-refractivity contribution >= 4 is 11.9 Å². The number of hydrogen-bond donors (Lipinski definition) is 3. The van der Waals surface area contributed by atoms with Gasteiger partial charge in [0.15, 0.2) is 0 Å². The average Bonchev–Trinajstić information content (AvgIpc) is 2.66. The predicted octanol–water partition coefficient (Wildman–Crippen LogP) is 0.0828. The van der Waals surface area contributed by atoms with Crippen molar-refractivity contribution in [1.82, 2.24) is 5.32 Å². The molecule has 1 aliphatic heterocycles. The molecule has 6 nitrogen and oxygen atoms in total. The third-order valence-corrected chi connectivity index (χ3v) is 1.70. The standard InChI is InChI=1S/C6H11NO3.C2HF3O2/c8-6(9)4-10-5-1-2-7-3-5;3-2(4,5)1(6)7/h5,7H,1-4H2,(H,8,9);(H,6,7)/t5-;/m0./s1. The van der Waals surface area contributed by atoms with Crippen LogP contribution in [0.2, 0.25) is 0 Å². The minimum atomic E-state index is -5.08. The zero-order chi connectivity index (χ0) is 13.5. The van der Waals surface area contributed by atoms with Gasteiger partial charge in [-0.3, -0.25) is 0 Å². The van der Waals surface area contributed by atoms with Crippen LogP contribution in [0.25, 0.3) is 0 Å². The maximum atomic E-state index is 10.6. The molecule has 0 aromatic heterocycles. The van der Waals surface area contributed by atoms with Gasteiger partial charge in [-0.25, -0.2) is 9.59 Å². The van der Waals surface area contributed by atoms with Crippen molar-refractivity contribution in [3.05, 3.63) is 0 Å². The van der Waals surface area contributed by atoms with Crippen molar-refractivity contribution in [3.8, 4) is 0 Å². The Labute approximate surface area is 94.4 Å². The lowest BCUT2D eigenvalue weighted by Crippen LogP contribution is -2.21. The van der Waals surface area contributed by atoms with E-state index in [1.165, 1.54) is 0 Å². The zero-order valence-corrected chi connectivity index (χ0v) is 8.66. The zero-order valence-electron chi connectivity index (χ0n) is 8.66. The molecule has 9 heteroatoms. The van der Waals surface area contributed by atoms with E-state index in [0.29, 0.717) is 0 Å². The van der Waals surface area contributed by atoms with Gasteiger partial charge < -0.3 is 20.3 Å². The molecule has 100 valence electrons. The molecule has 1 rings (SSSR count). The highest BCUT2D eigenvalue weighted by Gasteiger charge is 2.38. The predicted molar refractivity (Wildman–Crippen MR) is 48.6 cm³/mol. The van der Waals surface area contributed by atoms with E-state index >= 15 is 0 Å². The third kappa shape index (κ3) is 8.46. The van der Waals surface area contributed by atoms with Gasteiger partial charge in [0.05, 0.1) is 6.10 Å². The lowest BCUT2D eigenvalue weighted by Gasteiger charge is -2.06. The fourth-order valence-electron chi connectivity index (χ4n) is 0.960. The molecule has 1 aliphatic rings. The van der Waals surface area contributed by atoms with Crippen LogP contribution in [0.1, 0.15) is 6.42 Å². The second-order valence-corrected chi connectivity index (χ2v) is 3.12. The van der Waals surface area contributed by atoms with E-state index in [1.54, 1.807) is 0 Å². The number of ether oxygens (including phenoxy) is 1. The van der Waals surface area contributed by atoms with Crippen LogP contribution < -0.4 is 5.32 Å².